The largest absolute Gasteiger partial charge is 0.308 e. The molecule has 94 valence electrons. The Morgan fingerprint density at radius 3 is 2.83 bits per heavy atom. The average Bonchev–Trinajstić information content (AvgIpc) is 2.37. The number of aryl methyl sites for hydroxylation is 1. The number of aromatic nitrogens is 2. The zero-order chi connectivity index (χ0) is 13.0. The standard InChI is InChI=1S/C12H13FN4S/c1-8-6-11(17-14)16-12(15-8)7-18-10-5-3-2-4-9(10)13/h2-6H,7,14H2,1H3,(H,15,16,17). The van der Waals surface area contributed by atoms with E-state index in [2.05, 4.69) is 15.4 Å². The molecule has 18 heavy (non-hydrogen) atoms. The van der Waals surface area contributed by atoms with E-state index in [0.29, 0.717) is 22.3 Å². The molecule has 0 saturated heterocycles. The number of hydrazine groups is 1. The summed E-state index contributed by atoms with van der Waals surface area (Å²) < 4.78 is 13.4. The summed E-state index contributed by atoms with van der Waals surface area (Å²) in [6.45, 7) is 1.86. The second-order valence-electron chi connectivity index (χ2n) is 3.67. The van der Waals surface area contributed by atoms with Crippen LogP contribution < -0.4 is 11.3 Å². The number of hydrogen-bond acceptors (Lipinski definition) is 5. The molecule has 1 aromatic heterocycles. The zero-order valence-corrected chi connectivity index (χ0v) is 10.7. The number of halogens is 1. The maximum absolute atomic E-state index is 13.4. The van der Waals surface area contributed by atoms with Gasteiger partial charge in [-0.3, -0.25) is 0 Å². The molecular weight excluding hydrogens is 251 g/mol. The summed E-state index contributed by atoms with van der Waals surface area (Å²) in [6, 6.07) is 8.38. The predicted molar refractivity (Wildman–Crippen MR) is 70.5 cm³/mol. The molecule has 1 aromatic carbocycles. The molecule has 0 amide bonds. The van der Waals surface area contributed by atoms with E-state index in [0.717, 1.165) is 5.69 Å². The van der Waals surface area contributed by atoms with Crippen molar-refractivity contribution in [3.05, 3.63) is 47.7 Å². The molecule has 0 aliphatic carbocycles. The molecule has 3 N–H and O–H groups in total. The van der Waals surface area contributed by atoms with E-state index < -0.39 is 0 Å². The van der Waals surface area contributed by atoms with E-state index in [-0.39, 0.29) is 5.82 Å². The average molecular weight is 264 g/mol. The number of nitrogen functional groups attached to an aromatic ring is 1. The smallest absolute Gasteiger partial charge is 0.143 e. The Morgan fingerprint density at radius 2 is 2.11 bits per heavy atom. The van der Waals surface area contributed by atoms with Crippen LogP contribution in [0.3, 0.4) is 0 Å². The van der Waals surface area contributed by atoms with Crippen molar-refractivity contribution in [2.24, 2.45) is 5.84 Å². The minimum Gasteiger partial charge on any atom is -0.308 e. The summed E-state index contributed by atoms with van der Waals surface area (Å²) in [5, 5.41) is 0. The molecule has 0 saturated carbocycles. The molecule has 1 heterocycles. The van der Waals surface area contributed by atoms with Crippen LogP contribution in [-0.4, -0.2) is 9.97 Å². The maximum Gasteiger partial charge on any atom is 0.143 e. The molecule has 0 spiro atoms. The third-order valence-electron chi connectivity index (χ3n) is 2.24. The van der Waals surface area contributed by atoms with E-state index in [4.69, 9.17) is 5.84 Å². The number of nitrogens with one attached hydrogen (secondary N) is 1. The summed E-state index contributed by atoms with van der Waals surface area (Å²) in [6.07, 6.45) is 0. The molecule has 0 aliphatic heterocycles. The van der Waals surface area contributed by atoms with Crippen molar-refractivity contribution in [3.8, 4) is 0 Å². The molecule has 0 unspecified atom stereocenters. The molecule has 2 rings (SSSR count). The van der Waals surface area contributed by atoms with Gasteiger partial charge in [-0.15, -0.1) is 11.8 Å². The van der Waals surface area contributed by atoms with E-state index in [1.165, 1.54) is 17.8 Å². The highest BCUT2D eigenvalue weighted by atomic mass is 32.2. The molecule has 4 nitrogen and oxygen atoms in total. The number of thioether (sulfide) groups is 1. The van der Waals surface area contributed by atoms with Gasteiger partial charge in [-0.05, 0) is 19.1 Å². The van der Waals surface area contributed by atoms with Gasteiger partial charge in [0.2, 0.25) is 0 Å². The second kappa shape index (κ2) is 5.79. The van der Waals surface area contributed by atoms with Crippen molar-refractivity contribution in [1.82, 2.24) is 9.97 Å². The molecule has 2 aromatic rings. The van der Waals surface area contributed by atoms with Crippen LogP contribution in [0.15, 0.2) is 35.2 Å². The quantitative estimate of drug-likeness (QED) is 0.504. The van der Waals surface area contributed by atoms with Gasteiger partial charge in [-0.2, -0.15) is 0 Å². The number of rotatable bonds is 4. The van der Waals surface area contributed by atoms with E-state index in [1.54, 1.807) is 24.3 Å². The van der Waals surface area contributed by atoms with Gasteiger partial charge in [-0.1, -0.05) is 12.1 Å². The first kappa shape index (κ1) is 12.8. The summed E-state index contributed by atoms with van der Waals surface area (Å²) in [4.78, 5) is 9.07. The van der Waals surface area contributed by atoms with Crippen LogP contribution in [-0.2, 0) is 5.75 Å². The molecule has 0 aliphatic rings. The fourth-order valence-electron chi connectivity index (χ4n) is 1.47. The van der Waals surface area contributed by atoms with Gasteiger partial charge in [0.1, 0.15) is 17.5 Å². The summed E-state index contributed by atoms with van der Waals surface area (Å²) in [7, 11) is 0. The van der Waals surface area contributed by atoms with Gasteiger partial charge in [0.15, 0.2) is 0 Å². The Bertz CT molecular complexity index is 547. The van der Waals surface area contributed by atoms with Crippen LogP contribution in [0.5, 0.6) is 0 Å². The molecule has 0 atom stereocenters. The Kier molecular flexibility index (Phi) is 4.11. The monoisotopic (exact) mass is 264 g/mol. The van der Waals surface area contributed by atoms with E-state index >= 15 is 0 Å². The van der Waals surface area contributed by atoms with Gasteiger partial charge in [0.05, 0.1) is 5.75 Å². The van der Waals surface area contributed by atoms with Crippen molar-refractivity contribution in [2.45, 2.75) is 17.6 Å². The molecule has 6 heteroatoms. The Labute approximate surface area is 109 Å². The maximum atomic E-state index is 13.4. The zero-order valence-electron chi connectivity index (χ0n) is 9.85. The lowest BCUT2D eigenvalue weighted by atomic mass is 10.3. The van der Waals surface area contributed by atoms with E-state index in [9.17, 15) is 4.39 Å². The first-order chi connectivity index (χ1) is 8.69. The van der Waals surface area contributed by atoms with Crippen molar-refractivity contribution in [3.63, 3.8) is 0 Å². The number of hydrogen-bond donors (Lipinski definition) is 2. The Hall–Kier alpha value is -1.66. The van der Waals surface area contributed by atoms with Crippen LogP contribution in [0.4, 0.5) is 10.2 Å². The van der Waals surface area contributed by atoms with Gasteiger partial charge < -0.3 is 5.43 Å². The number of benzene rings is 1. The van der Waals surface area contributed by atoms with Crippen LogP contribution in [0.1, 0.15) is 11.5 Å². The fraction of sp³-hybridized carbons (Fsp3) is 0.167. The third-order valence-corrected chi connectivity index (χ3v) is 3.29. The number of nitrogens with zero attached hydrogens (tertiary/aromatic N) is 2. The van der Waals surface area contributed by atoms with Crippen molar-refractivity contribution >= 4 is 17.6 Å². The number of anilines is 1. The van der Waals surface area contributed by atoms with Crippen molar-refractivity contribution in [1.29, 1.82) is 0 Å². The van der Waals surface area contributed by atoms with E-state index in [1.807, 2.05) is 6.92 Å². The van der Waals surface area contributed by atoms with Gasteiger partial charge >= 0.3 is 0 Å². The van der Waals surface area contributed by atoms with Gasteiger partial charge in [0, 0.05) is 16.7 Å². The van der Waals surface area contributed by atoms with Gasteiger partial charge in [0.25, 0.3) is 0 Å². The Balaban J connectivity index is 2.11. The normalized spacial score (nSPS) is 10.4. The minimum atomic E-state index is -0.229. The summed E-state index contributed by atoms with van der Waals surface area (Å²) in [5.74, 6) is 6.76. The minimum absolute atomic E-state index is 0.229. The van der Waals surface area contributed by atoms with Crippen LogP contribution >= 0.6 is 11.8 Å². The molecular formula is C12H13FN4S. The molecule has 0 radical (unpaired) electrons. The SMILES string of the molecule is Cc1cc(NN)nc(CSc2ccccc2F)n1. The second-order valence-corrected chi connectivity index (χ2v) is 4.69. The van der Waals surface area contributed by atoms with Crippen LogP contribution in [0.25, 0.3) is 0 Å². The van der Waals surface area contributed by atoms with Crippen molar-refractivity contribution in [2.75, 3.05) is 5.43 Å². The van der Waals surface area contributed by atoms with Crippen LogP contribution in [0.2, 0.25) is 0 Å². The fourth-order valence-corrected chi connectivity index (χ4v) is 2.27. The Morgan fingerprint density at radius 1 is 1.33 bits per heavy atom. The van der Waals surface area contributed by atoms with Gasteiger partial charge in [-0.25, -0.2) is 20.2 Å². The summed E-state index contributed by atoms with van der Waals surface area (Å²) >= 11 is 1.36. The molecule has 0 bridgehead atoms. The molecule has 0 fully saturated rings. The lowest BCUT2D eigenvalue weighted by Gasteiger charge is -2.05. The highest BCUT2D eigenvalue weighted by molar-refractivity contribution is 7.98. The predicted octanol–water partition coefficient (Wildman–Crippen LogP) is 2.50. The first-order valence-electron chi connectivity index (χ1n) is 5.37. The topological polar surface area (TPSA) is 63.8 Å². The highest BCUT2D eigenvalue weighted by Gasteiger charge is 2.05. The lowest BCUT2D eigenvalue weighted by Crippen LogP contribution is -2.10. The highest BCUT2D eigenvalue weighted by Crippen LogP contribution is 2.24. The lowest BCUT2D eigenvalue weighted by molar-refractivity contribution is 0.602. The van der Waals surface area contributed by atoms with Crippen molar-refractivity contribution < 1.29 is 4.39 Å². The first-order valence-corrected chi connectivity index (χ1v) is 6.36. The number of nitrogens with two attached hydrogens (primary N) is 1. The van der Waals surface area contributed by atoms with Crippen LogP contribution in [0, 0.1) is 12.7 Å². The summed E-state index contributed by atoms with van der Waals surface area (Å²) in [5.41, 5.74) is 3.30. The third kappa shape index (κ3) is 3.18.